The lowest BCUT2D eigenvalue weighted by molar-refractivity contribution is -0.131. The molecule has 1 aromatic rings. The number of carbonyl (C=O) groups is 2. The Morgan fingerprint density at radius 1 is 1.16 bits per heavy atom. The molecule has 4 N–H and O–H groups in total. The van der Waals surface area contributed by atoms with Crippen LogP contribution in [-0.2, 0) is 16.1 Å². The molecule has 0 fully saturated rings. The molecule has 104 valence electrons. The summed E-state index contributed by atoms with van der Waals surface area (Å²) in [5.41, 5.74) is 5.85. The van der Waals surface area contributed by atoms with Crippen LogP contribution in [0.5, 0.6) is 0 Å². The summed E-state index contributed by atoms with van der Waals surface area (Å²) >= 11 is 0. The first kappa shape index (κ1) is 15.2. The highest BCUT2D eigenvalue weighted by Gasteiger charge is 2.25. The van der Waals surface area contributed by atoms with Crippen molar-refractivity contribution >= 4 is 11.8 Å². The first-order chi connectivity index (χ1) is 8.95. The molecule has 0 unspecified atom stereocenters. The van der Waals surface area contributed by atoms with Gasteiger partial charge in [-0.2, -0.15) is 0 Å². The summed E-state index contributed by atoms with van der Waals surface area (Å²) in [6.07, 6.45) is 0. The number of carbonyl (C=O) groups excluding carboxylic acids is 2. The smallest absolute Gasteiger partial charge is 0.239 e. The van der Waals surface area contributed by atoms with Gasteiger partial charge in [-0.3, -0.25) is 9.59 Å². The van der Waals surface area contributed by atoms with Gasteiger partial charge in [0.25, 0.3) is 0 Å². The van der Waals surface area contributed by atoms with E-state index in [4.69, 9.17) is 5.73 Å². The van der Waals surface area contributed by atoms with Crippen molar-refractivity contribution in [2.45, 2.75) is 20.4 Å². The van der Waals surface area contributed by atoms with Gasteiger partial charge in [0.15, 0.2) is 0 Å². The number of benzene rings is 1. The Morgan fingerprint density at radius 3 is 2.37 bits per heavy atom. The van der Waals surface area contributed by atoms with Crippen LogP contribution >= 0.6 is 0 Å². The van der Waals surface area contributed by atoms with Crippen molar-refractivity contribution in [2.75, 3.05) is 13.1 Å². The molecule has 0 aliphatic rings. The van der Waals surface area contributed by atoms with Crippen LogP contribution < -0.4 is 16.4 Å². The summed E-state index contributed by atoms with van der Waals surface area (Å²) < 4.78 is 0. The highest BCUT2D eigenvalue weighted by molar-refractivity contribution is 5.87. The van der Waals surface area contributed by atoms with E-state index in [0.717, 1.165) is 5.56 Å². The second-order valence-corrected chi connectivity index (χ2v) is 5.03. The number of nitrogens with two attached hydrogens (primary N) is 1. The van der Waals surface area contributed by atoms with E-state index in [0.29, 0.717) is 6.54 Å². The van der Waals surface area contributed by atoms with E-state index in [-0.39, 0.29) is 24.9 Å². The number of hydrogen-bond acceptors (Lipinski definition) is 3. The lowest BCUT2D eigenvalue weighted by atomic mass is 9.93. The zero-order chi connectivity index (χ0) is 14.3. The van der Waals surface area contributed by atoms with Crippen molar-refractivity contribution in [1.29, 1.82) is 0 Å². The maximum absolute atomic E-state index is 11.7. The molecule has 5 heteroatoms. The first-order valence-corrected chi connectivity index (χ1v) is 6.24. The number of amides is 2. The Kier molecular flexibility index (Phi) is 5.51. The van der Waals surface area contributed by atoms with Gasteiger partial charge in [-0.25, -0.2) is 0 Å². The van der Waals surface area contributed by atoms with Crippen LogP contribution in [0.2, 0.25) is 0 Å². The fraction of sp³-hybridized carbons (Fsp3) is 0.429. The van der Waals surface area contributed by atoms with Crippen LogP contribution in [0.4, 0.5) is 0 Å². The normalized spacial score (nSPS) is 10.9. The van der Waals surface area contributed by atoms with Gasteiger partial charge in [-0.05, 0) is 19.4 Å². The van der Waals surface area contributed by atoms with Crippen molar-refractivity contribution in [2.24, 2.45) is 11.1 Å². The lowest BCUT2D eigenvalue weighted by Gasteiger charge is -2.20. The molecule has 0 radical (unpaired) electrons. The minimum atomic E-state index is -0.653. The van der Waals surface area contributed by atoms with Crippen LogP contribution in [0.25, 0.3) is 0 Å². The van der Waals surface area contributed by atoms with E-state index in [1.165, 1.54) is 0 Å². The molecule has 5 nitrogen and oxygen atoms in total. The van der Waals surface area contributed by atoms with Gasteiger partial charge in [0.05, 0.1) is 12.0 Å². The predicted molar refractivity (Wildman–Crippen MR) is 74.1 cm³/mol. The molecule has 19 heavy (non-hydrogen) atoms. The SMILES string of the molecule is CC(C)(CN)C(=O)NCC(=O)NCc1ccccc1. The second kappa shape index (κ2) is 6.89. The average Bonchev–Trinajstić information content (AvgIpc) is 2.43. The Balaban J connectivity index is 2.31. The molecular formula is C14H21N3O2. The van der Waals surface area contributed by atoms with E-state index in [1.807, 2.05) is 30.3 Å². The van der Waals surface area contributed by atoms with E-state index < -0.39 is 5.41 Å². The molecule has 0 bridgehead atoms. The van der Waals surface area contributed by atoms with Crippen molar-refractivity contribution in [3.63, 3.8) is 0 Å². The summed E-state index contributed by atoms with van der Waals surface area (Å²) in [7, 11) is 0. The molecule has 0 saturated carbocycles. The first-order valence-electron chi connectivity index (χ1n) is 6.24. The van der Waals surface area contributed by atoms with Gasteiger partial charge in [-0.15, -0.1) is 0 Å². The van der Waals surface area contributed by atoms with Crippen molar-refractivity contribution in [3.8, 4) is 0 Å². The predicted octanol–water partition coefficient (Wildman–Crippen LogP) is 0.404. The number of hydrogen-bond donors (Lipinski definition) is 3. The Labute approximate surface area is 113 Å². The lowest BCUT2D eigenvalue weighted by Crippen LogP contribution is -2.45. The maximum Gasteiger partial charge on any atom is 0.239 e. The molecule has 1 aromatic carbocycles. The fourth-order valence-electron chi connectivity index (χ4n) is 1.35. The topological polar surface area (TPSA) is 84.2 Å². The standard InChI is InChI=1S/C14H21N3O2/c1-14(2,10-15)13(19)17-9-12(18)16-8-11-6-4-3-5-7-11/h3-7H,8-10,15H2,1-2H3,(H,16,18)(H,17,19). The molecule has 0 heterocycles. The fourth-order valence-corrected chi connectivity index (χ4v) is 1.35. The minimum Gasteiger partial charge on any atom is -0.350 e. The largest absolute Gasteiger partial charge is 0.350 e. The summed E-state index contributed by atoms with van der Waals surface area (Å²) in [5.74, 6) is -0.435. The van der Waals surface area contributed by atoms with Crippen molar-refractivity contribution in [3.05, 3.63) is 35.9 Å². The maximum atomic E-state index is 11.7. The third-order valence-electron chi connectivity index (χ3n) is 2.87. The van der Waals surface area contributed by atoms with Crippen LogP contribution in [0.15, 0.2) is 30.3 Å². The number of rotatable bonds is 6. The Hall–Kier alpha value is -1.88. The Morgan fingerprint density at radius 2 is 1.79 bits per heavy atom. The van der Waals surface area contributed by atoms with E-state index in [9.17, 15) is 9.59 Å². The average molecular weight is 263 g/mol. The zero-order valence-corrected chi connectivity index (χ0v) is 11.4. The van der Waals surface area contributed by atoms with Gasteiger partial charge in [-0.1, -0.05) is 30.3 Å². The summed E-state index contributed by atoms with van der Waals surface area (Å²) in [6, 6.07) is 9.59. The van der Waals surface area contributed by atoms with Crippen LogP contribution in [-0.4, -0.2) is 24.9 Å². The van der Waals surface area contributed by atoms with Crippen LogP contribution in [0, 0.1) is 5.41 Å². The molecule has 0 atom stereocenters. The van der Waals surface area contributed by atoms with Gasteiger partial charge >= 0.3 is 0 Å². The summed E-state index contributed by atoms with van der Waals surface area (Å²) in [5, 5.41) is 5.32. The Bertz CT molecular complexity index is 430. The minimum absolute atomic E-state index is 0.0326. The quantitative estimate of drug-likeness (QED) is 0.695. The monoisotopic (exact) mass is 263 g/mol. The van der Waals surface area contributed by atoms with Crippen molar-refractivity contribution in [1.82, 2.24) is 10.6 Å². The van der Waals surface area contributed by atoms with Gasteiger partial charge < -0.3 is 16.4 Å². The molecule has 0 spiro atoms. The van der Waals surface area contributed by atoms with Crippen LogP contribution in [0.1, 0.15) is 19.4 Å². The highest BCUT2D eigenvalue weighted by atomic mass is 16.2. The van der Waals surface area contributed by atoms with E-state index in [2.05, 4.69) is 10.6 Å². The van der Waals surface area contributed by atoms with Gasteiger partial charge in [0.1, 0.15) is 0 Å². The summed E-state index contributed by atoms with van der Waals surface area (Å²) in [4.78, 5) is 23.3. The summed E-state index contributed by atoms with van der Waals surface area (Å²) in [6.45, 7) is 4.14. The molecule has 0 aromatic heterocycles. The highest BCUT2D eigenvalue weighted by Crippen LogP contribution is 2.11. The van der Waals surface area contributed by atoms with Crippen LogP contribution in [0.3, 0.4) is 0 Å². The number of nitrogens with one attached hydrogen (secondary N) is 2. The van der Waals surface area contributed by atoms with E-state index >= 15 is 0 Å². The molecular weight excluding hydrogens is 242 g/mol. The van der Waals surface area contributed by atoms with E-state index in [1.54, 1.807) is 13.8 Å². The van der Waals surface area contributed by atoms with Gasteiger partial charge in [0.2, 0.25) is 11.8 Å². The zero-order valence-electron chi connectivity index (χ0n) is 11.4. The second-order valence-electron chi connectivity index (χ2n) is 5.03. The molecule has 1 rings (SSSR count). The molecule has 0 aliphatic carbocycles. The third-order valence-corrected chi connectivity index (χ3v) is 2.87. The molecule has 2 amide bonds. The molecule has 0 saturated heterocycles. The van der Waals surface area contributed by atoms with Gasteiger partial charge in [0, 0.05) is 13.1 Å². The van der Waals surface area contributed by atoms with Crippen molar-refractivity contribution < 1.29 is 9.59 Å². The molecule has 0 aliphatic heterocycles. The third kappa shape index (κ3) is 5.09.